The highest BCUT2D eigenvalue weighted by atomic mass is 16.5. The topological polar surface area (TPSA) is 56.5 Å². The first-order chi connectivity index (χ1) is 7.81. The van der Waals surface area contributed by atoms with E-state index in [1.54, 1.807) is 7.11 Å². The van der Waals surface area contributed by atoms with Crippen LogP contribution in [-0.2, 0) is 4.74 Å². The van der Waals surface area contributed by atoms with Crippen LogP contribution in [0.3, 0.4) is 0 Å². The number of methoxy groups -OCH3 is 1. The summed E-state index contributed by atoms with van der Waals surface area (Å²) in [6.45, 7) is 3.33. The molecule has 1 aromatic carbocycles. The van der Waals surface area contributed by atoms with Gasteiger partial charge >= 0.3 is 0 Å². The summed E-state index contributed by atoms with van der Waals surface area (Å²) in [5.41, 5.74) is 3.93. The van der Waals surface area contributed by atoms with Crippen LogP contribution in [0.2, 0.25) is 0 Å². The van der Waals surface area contributed by atoms with Crippen molar-refractivity contribution < 1.29 is 9.47 Å². The molecule has 0 bridgehead atoms. The van der Waals surface area contributed by atoms with Crippen LogP contribution in [0.15, 0.2) is 24.3 Å². The number of benzene rings is 1. The van der Waals surface area contributed by atoms with Crippen molar-refractivity contribution in [3.8, 4) is 5.75 Å². The lowest BCUT2D eigenvalue weighted by Gasteiger charge is -2.16. The Balaban J connectivity index is 2.62. The standard InChI is InChI=1S/C12H20N2O2/c1-3-16-11-6-4-10(5-7-11)12(14-13)8-9-15-2/h4-7,12,14H,3,8-9,13H2,1-2H3. The summed E-state index contributed by atoms with van der Waals surface area (Å²) in [5.74, 6) is 6.39. The zero-order valence-electron chi connectivity index (χ0n) is 9.90. The van der Waals surface area contributed by atoms with Crippen molar-refractivity contribution >= 4 is 0 Å². The molecule has 16 heavy (non-hydrogen) atoms. The van der Waals surface area contributed by atoms with E-state index in [0.29, 0.717) is 13.2 Å². The van der Waals surface area contributed by atoms with Crippen molar-refractivity contribution in [3.63, 3.8) is 0 Å². The van der Waals surface area contributed by atoms with E-state index >= 15 is 0 Å². The first-order valence-corrected chi connectivity index (χ1v) is 5.49. The Labute approximate surface area is 96.7 Å². The van der Waals surface area contributed by atoms with E-state index in [0.717, 1.165) is 17.7 Å². The Hall–Kier alpha value is -1.10. The van der Waals surface area contributed by atoms with E-state index in [-0.39, 0.29) is 6.04 Å². The highest BCUT2D eigenvalue weighted by molar-refractivity contribution is 5.29. The molecule has 0 aliphatic rings. The molecule has 0 saturated heterocycles. The first kappa shape index (κ1) is 13.0. The normalized spacial score (nSPS) is 12.4. The predicted octanol–water partition coefficient (Wildman–Crippen LogP) is 1.63. The molecule has 4 nitrogen and oxygen atoms in total. The second-order valence-electron chi connectivity index (χ2n) is 3.50. The van der Waals surface area contributed by atoms with Gasteiger partial charge in [0.15, 0.2) is 0 Å². The van der Waals surface area contributed by atoms with Crippen molar-refractivity contribution in [3.05, 3.63) is 29.8 Å². The molecule has 3 N–H and O–H groups in total. The van der Waals surface area contributed by atoms with E-state index in [1.165, 1.54) is 0 Å². The zero-order valence-corrected chi connectivity index (χ0v) is 9.90. The van der Waals surface area contributed by atoms with Gasteiger partial charge < -0.3 is 9.47 Å². The van der Waals surface area contributed by atoms with Crippen molar-refractivity contribution in [2.75, 3.05) is 20.3 Å². The van der Waals surface area contributed by atoms with Crippen molar-refractivity contribution in [1.29, 1.82) is 0 Å². The Morgan fingerprint density at radius 1 is 1.31 bits per heavy atom. The molecule has 0 heterocycles. The van der Waals surface area contributed by atoms with E-state index in [9.17, 15) is 0 Å². The van der Waals surface area contributed by atoms with E-state index in [4.69, 9.17) is 15.3 Å². The molecule has 90 valence electrons. The number of nitrogens with two attached hydrogens (primary N) is 1. The summed E-state index contributed by atoms with van der Waals surface area (Å²) in [4.78, 5) is 0. The minimum Gasteiger partial charge on any atom is -0.494 e. The molecule has 0 radical (unpaired) electrons. The third-order valence-corrected chi connectivity index (χ3v) is 2.41. The zero-order chi connectivity index (χ0) is 11.8. The summed E-state index contributed by atoms with van der Waals surface area (Å²) < 4.78 is 10.4. The lowest BCUT2D eigenvalue weighted by molar-refractivity contribution is 0.183. The number of hydrogen-bond donors (Lipinski definition) is 2. The number of hydrazine groups is 1. The molecule has 1 rings (SSSR count). The van der Waals surface area contributed by atoms with Crippen LogP contribution < -0.4 is 16.0 Å². The van der Waals surface area contributed by atoms with Gasteiger partial charge in [-0.1, -0.05) is 12.1 Å². The molecular formula is C12H20N2O2. The van der Waals surface area contributed by atoms with Crippen molar-refractivity contribution in [2.24, 2.45) is 5.84 Å². The number of hydrogen-bond acceptors (Lipinski definition) is 4. The second-order valence-corrected chi connectivity index (χ2v) is 3.50. The van der Waals surface area contributed by atoms with Crippen molar-refractivity contribution in [1.82, 2.24) is 5.43 Å². The molecule has 0 aliphatic heterocycles. The smallest absolute Gasteiger partial charge is 0.119 e. The van der Waals surface area contributed by atoms with Gasteiger partial charge in [0.2, 0.25) is 0 Å². The quantitative estimate of drug-likeness (QED) is 0.546. The van der Waals surface area contributed by atoms with Gasteiger partial charge in [0.05, 0.1) is 6.61 Å². The van der Waals surface area contributed by atoms with Crippen LogP contribution in [0, 0.1) is 0 Å². The average molecular weight is 224 g/mol. The number of nitrogens with one attached hydrogen (secondary N) is 1. The summed E-state index contributed by atoms with van der Waals surface area (Å²) in [6.07, 6.45) is 0.848. The maximum absolute atomic E-state index is 5.51. The molecule has 0 fully saturated rings. The van der Waals surface area contributed by atoms with Crippen molar-refractivity contribution in [2.45, 2.75) is 19.4 Å². The van der Waals surface area contributed by atoms with Gasteiger partial charge in [-0.3, -0.25) is 11.3 Å². The Morgan fingerprint density at radius 3 is 2.50 bits per heavy atom. The van der Waals surface area contributed by atoms with E-state index in [2.05, 4.69) is 5.43 Å². The minimum atomic E-state index is 0.121. The van der Waals surface area contributed by atoms with Gasteiger partial charge in [-0.2, -0.15) is 0 Å². The fourth-order valence-corrected chi connectivity index (χ4v) is 1.54. The molecule has 0 saturated carbocycles. The Morgan fingerprint density at radius 2 is 2.00 bits per heavy atom. The number of ether oxygens (including phenoxy) is 2. The lowest BCUT2D eigenvalue weighted by atomic mass is 10.0. The largest absolute Gasteiger partial charge is 0.494 e. The summed E-state index contributed by atoms with van der Waals surface area (Å²) in [6, 6.07) is 8.07. The third-order valence-electron chi connectivity index (χ3n) is 2.41. The van der Waals surface area contributed by atoms with Crippen LogP contribution in [0.25, 0.3) is 0 Å². The fourth-order valence-electron chi connectivity index (χ4n) is 1.54. The third kappa shape index (κ3) is 3.81. The predicted molar refractivity (Wildman–Crippen MR) is 64.2 cm³/mol. The van der Waals surface area contributed by atoms with Gasteiger partial charge in [-0.15, -0.1) is 0 Å². The van der Waals surface area contributed by atoms with Crippen LogP contribution in [-0.4, -0.2) is 20.3 Å². The van der Waals surface area contributed by atoms with E-state index in [1.807, 2.05) is 31.2 Å². The Bertz CT molecular complexity index is 288. The fraction of sp³-hybridized carbons (Fsp3) is 0.500. The van der Waals surface area contributed by atoms with Crippen LogP contribution in [0.4, 0.5) is 0 Å². The maximum Gasteiger partial charge on any atom is 0.119 e. The molecular weight excluding hydrogens is 204 g/mol. The van der Waals surface area contributed by atoms with Gasteiger partial charge in [-0.05, 0) is 31.0 Å². The van der Waals surface area contributed by atoms with Gasteiger partial charge in [0.25, 0.3) is 0 Å². The van der Waals surface area contributed by atoms with Crippen LogP contribution in [0.1, 0.15) is 24.9 Å². The highest BCUT2D eigenvalue weighted by Crippen LogP contribution is 2.19. The summed E-state index contributed by atoms with van der Waals surface area (Å²) in [5, 5.41) is 0. The Kier molecular flexibility index (Phi) is 5.85. The van der Waals surface area contributed by atoms with E-state index < -0.39 is 0 Å². The maximum atomic E-state index is 5.51. The SMILES string of the molecule is CCOc1ccc(C(CCOC)NN)cc1. The minimum absolute atomic E-state index is 0.121. The second kappa shape index (κ2) is 7.22. The van der Waals surface area contributed by atoms with Gasteiger partial charge in [-0.25, -0.2) is 0 Å². The molecule has 1 atom stereocenters. The molecule has 0 amide bonds. The first-order valence-electron chi connectivity index (χ1n) is 5.49. The number of rotatable bonds is 7. The average Bonchev–Trinajstić information content (AvgIpc) is 2.32. The monoisotopic (exact) mass is 224 g/mol. The van der Waals surface area contributed by atoms with Gasteiger partial charge in [0.1, 0.15) is 5.75 Å². The highest BCUT2D eigenvalue weighted by Gasteiger charge is 2.08. The lowest BCUT2D eigenvalue weighted by Crippen LogP contribution is -2.28. The molecule has 1 aromatic rings. The van der Waals surface area contributed by atoms with Crippen LogP contribution >= 0.6 is 0 Å². The van der Waals surface area contributed by atoms with Crippen LogP contribution in [0.5, 0.6) is 5.75 Å². The molecule has 1 unspecified atom stereocenters. The molecule has 4 heteroatoms. The summed E-state index contributed by atoms with van der Waals surface area (Å²) in [7, 11) is 1.69. The molecule has 0 spiro atoms. The van der Waals surface area contributed by atoms with Gasteiger partial charge in [0, 0.05) is 19.8 Å². The molecule has 0 aromatic heterocycles. The summed E-state index contributed by atoms with van der Waals surface area (Å²) >= 11 is 0. The molecule has 0 aliphatic carbocycles.